The number of pyridine rings is 1. The van der Waals surface area contributed by atoms with E-state index < -0.39 is 0 Å². The molecule has 1 atom stereocenters. The lowest BCUT2D eigenvalue weighted by Gasteiger charge is -2.17. The molecule has 2 aromatic carbocycles. The normalized spacial score (nSPS) is 12.1. The van der Waals surface area contributed by atoms with Crippen molar-refractivity contribution in [1.29, 1.82) is 0 Å². The van der Waals surface area contributed by atoms with Crippen molar-refractivity contribution in [2.45, 2.75) is 32.9 Å². The molecular formula is C25H25FN4. The molecule has 4 rings (SSSR count). The van der Waals surface area contributed by atoms with Crippen LogP contribution in [-0.4, -0.2) is 14.8 Å². The number of rotatable bonds is 7. The monoisotopic (exact) mass is 400 g/mol. The third-order valence-corrected chi connectivity index (χ3v) is 5.26. The molecule has 4 aromatic rings. The summed E-state index contributed by atoms with van der Waals surface area (Å²) < 4.78 is 15.3. The molecule has 152 valence electrons. The van der Waals surface area contributed by atoms with Crippen molar-refractivity contribution in [2.24, 2.45) is 0 Å². The van der Waals surface area contributed by atoms with Crippen LogP contribution in [0.3, 0.4) is 0 Å². The van der Waals surface area contributed by atoms with Crippen molar-refractivity contribution in [2.75, 3.05) is 0 Å². The summed E-state index contributed by atoms with van der Waals surface area (Å²) in [5.41, 5.74) is 6.23. The quantitative estimate of drug-likeness (QED) is 0.438. The van der Waals surface area contributed by atoms with Crippen LogP contribution < -0.4 is 5.32 Å². The molecular weight excluding hydrogens is 375 g/mol. The van der Waals surface area contributed by atoms with Crippen LogP contribution in [-0.2, 0) is 6.54 Å². The summed E-state index contributed by atoms with van der Waals surface area (Å²) in [6.07, 6.45) is 6.65. The van der Waals surface area contributed by atoms with E-state index >= 15 is 0 Å². The summed E-state index contributed by atoms with van der Waals surface area (Å²) in [5.74, 6) is -0.250. The Morgan fingerprint density at radius 3 is 2.33 bits per heavy atom. The first-order chi connectivity index (χ1) is 14.6. The maximum atomic E-state index is 13.5. The van der Waals surface area contributed by atoms with E-state index in [0.29, 0.717) is 6.54 Å². The molecule has 0 saturated carbocycles. The second kappa shape index (κ2) is 9.01. The van der Waals surface area contributed by atoms with Gasteiger partial charge in [0.25, 0.3) is 0 Å². The topological polar surface area (TPSA) is 42.7 Å². The molecule has 0 radical (unpaired) electrons. The van der Waals surface area contributed by atoms with Gasteiger partial charge in [-0.05, 0) is 67.4 Å². The Bertz CT molecular complexity index is 1090. The van der Waals surface area contributed by atoms with Crippen molar-refractivity contribution in [1.82, 2.24) is 20.1 Å². The van der Waals surface area contributed by atoms with Gasteiger partial charge in [-0.25, -0.2) is 9.07 Å². The van der Waals surface area contributed by atoms with Crippen LogP contribution in [0.5, 0.6) is 0 Å². The van der Waals surface area contributed by atoms with Gasteiger partial charge in [-0.3, -0.25) is 4.98 Å². The van der Waals surface area contributed by atoms with Gasteiger partial charge in [0.15, 0.2) is 0 Å². The summed E-state index contributed by atoms with van der Waals surface area (Å²) in [4.78, 5) is 4.11. The van der Waals surface area contributed by atoms with Crippen LogP contribution >= 0.6 is 0 Å². The predicted molar refractivity (Wildman–Crippen MR) is 118 cm³/mol. The zero-order valence-corrected chi connectivity index (χ0v) is 17.2. The summed E-state index contributed by atoms with van der Waals surface area (Å²) in [6.45, 7) is 4.88. The average Bonchev–Trinajstić information content (AvgIpc) is 3.20. The van der Waals surface area contributed by atoms with Crippen LogP contribution in [0.2, 0.25) is 0 Å². The molecule has 0 aliphatic rings. The van der Waals surface area contributed by atoms with Crippen molar-refractivity contribution >= 4 is 0 Å². The Kier molecular flexibility index (Phi) is 6.00. The maximum absolute atomic E-state index is 13.5. The van der Waals surface area contributed by atoms with E-state index in [4.69, 9.17) is 5.10 Å². The Balaban J connectivity index is 1.66. The van der Waals surface area contributed by atoms with Gasteiger partial charge < -0.3 is 5.32 Å². The largest absolute Gasteiger partial charge is 0.306 e. The lowest BCUT2D eigenvalue weighted by molar-refractivity contribution is 0.519. The molecule has 4 nitrogen and oxygen atoms in total. The van der Waals surface area contributed by atoms with Gasteiger partial charge in [0.05, 0.1) is 11.4 Å². The first-order valence-electron chi connectivity index (χ1n) is 10.2. The molecule has 0 aliphatic carbocycles. The van der Waals surface area contributed by atoms with E-state index in [9.17, 15) is 4.39 Å². The number of aromatic nitrogens is 3. The van der Waals surface area contributed by atoms with Gasteiger partial charge in [-0.2, -0.15) is 5.10 Å². The third kappa shape index (κ3) is 4.47. The van der Waals surface area contributed by atoms with Crippen LogP contribution in [0.15, 0.2) is 79.3 Å². The summed E-state index contributed by atoms with van der Waals surface area (Å²) >= 11 is 0. The molecule has 0 bridgehead atoms. The van der Waals surface area contributed by atoms with E-state index in [-0.39, 0.29) is 11.9 Å². The van der Waals surface area contributed by atoms with Gasteiger partial charge in [0.1, 0.15) is 5.82 Å². The van der Waals surface area contributed by atoms with Gasteiger partial charge in [0, 0.05) is 42.3 Å². The molecule has 0 saturated heterocycles. The number of hydrogen-bond donors (Lipinski definition) is 1. The average molecular weight is 401 g/mol. The number of benzene rings is 2. The zero-order chi connectivity index (χ0) is 20.9. The molecule has 0 aliphatic heterocycles. The van der Waals surface area contributed by atoms with Crippen molar-refractivity contribution in [3.8, 4) is 16.9 Å². The minimum atomic E-state index is -0.250. The lowest BCUT2D eigenvalue weighted by atomic mass is 10.0. The number of hydrogen-bond acceptors (Lipinski definition) is 3. The molecule has 0 spiro atoms. The summed E-state index contributed by atoms with van der Waals surface area (Å²) in [5, 5.41) is 8.47. The first kappa shape index (κ1) is 20.0. The first-order valence-corrected chi connectivity index (χ1v) is 10.2. The fraction of sp³-hybridized carbons (Fsp3) is 0.200. The van der Waals surface area contributed by atoms with E-state index in [0.717, 1.165) is 28.9 Å². The molecule has 2 aromatic heterocycles. The molecule has 1 N–H and O–H groups in total. The second-order valence-electron chi connectivity index (χ2n) is 7.41. The van der Waals surface area contributed by atoms with Crippen molar-refractivity contribution in [3.05, 3.63) is 102 Å². The maximum Gasteiger partial charge on any atom is 0.123 e. The van der Waals surface area contributed by atoms with E-state index in [1.807, 2.05) is 29.2 Å². The fourth-order valence-corrected chi connectivity index (χ4v) is 3.55. The Hall–Kier alpha value is -3.31. The van der Waals surface area contributed by atoms with E-state index in [1.165, 1.54) is 23.3 Å². The van der Waals surface area contributed by atoms with Gasteiger partial charge in [0.2, 0.25) is 0 Å². The number of nitrogens with one attached hydrogen (secondary N) is 1. The van der Waals surface area contributed by atoms with Crippen LogP contribution in [0.4, 0.5) is 4.39 Å². The lowest BCUT2D eigenvalue weighted by Crippen LogP contribution is -2.20. The molecule has 5 heteroatoms. The van der Waals surface area contributed by atoms with Crippen LogP contribution in [0, 0.1) is 12.7 Å². The fourth-order valence-electron chi connectivity index (χ4n) is 3.55. The van der Waals surface area contributed by atoms with Gasteiger partial charge in [-0.1, -0.05) is 24.6 Å². The standard InChI is InChI=1S/C25H25FN4/c1-3-24(19-12-14-27-15-13-19)28-16-21-17-30(23-10-4-18(2)5-11-23)29-25(21)20-6-8-22(26)9-7-20/h4-15,17,24,28H,3,16H2,1-2H3. The minimum Gasteiger partial charge on any atom is -0.306 e. The number of nitrogens with zero attached hydrogens (tertiary/aromatic N) is 3. The van der Waals surface area contributed by atoms with Crippen molar-refractivity contribution < 1.29 is 4.39 Å². The Morgan fingerprint density at radius 1 is 0.967 bits per heavy atom. The third-order valence-electron chi connectivity index (χ3n) is 5.26. The van der Waals surface area contributed by atoms with Gasteiger partial charge >= 0.3 is 0 Å². The number of aryl methyl sites for hydroxylation is 1. The Morgan fingerprint density at radius 2 is 1.67 bits per heavy atom. The molecule has 0 fully saturated rings. The predicted octanol–water partition coefficient (Wildman–Crippen LogP) is 5.62. The second-order valence-corrected chi connectivity index (χ2v) is 7.41. The number of halogens is 1. The zero-order valence-electron chi connectivity index (χ0n) is 17.2. The van der Waals surface area contributed by atoms with Crippen LogP contribution in [0.25, 0.3) is 16.9 Å². The summed E-state index contributed by atoms with van der Waals surface area (Å²) in [6, 6.07) is 19.1. The SMILES string of the molecule is CCC(NCc1cn(-c2ccc(C)cc2)nc1-c1ccc(F)cc1)c1ccncc1. The highest BCUT2D eigenvalue weighted by Crippen LogP contribution is 2.25. The summed E-state index contributed by atoms with van der Waals surface area (Å²) in [7, 11) is 0. The highest BCUT2D eigenvalue weighted by molar-refractivity contribution is 5.63. The molecule has 0 amide bonds. The Labute approximate surface area is 176 Å². The van der Waals surface area contributed by atoms with E-state index in [2.05, 4.69) is 54.6 Å². The molecule has 2 heterocycles. The van der Waals surface area contributed by atoms with Crippen molar-refractivity contribution in [3.63, 3.8) is 0 Å². The minimum absolute atomic E-state index is 0.219. The molecule has 1 unspecified atom stereocenters. The van der Waals surface area contributed by atoms with E-state index in [1.54, 1.807) is 12.1 Å². The molecule has 30 heavy (non-hydrogen) atoms. The smallest absolute Gasteiger partial charge is 0.123 e. The highest BCUT2D eigenvalue weighted by atomic mass is 19.1. The highest BCUT2D eigenvalue weighted by Gasteiger charge is 2.15. The van der Waals surface area contributed by atoms with Crippen LogP contribution in [0.1, 0.15) is 36.1 Å². The van der Waals surface area contributed by atoms with Gasteiger partial charge in [-0.15, -0.1) is 0 Å².